The number of piperidine rings is 1. The molecule has 57 heavy (non-hydrogen) atoms. The highest BCUT2D eigenvalue weighted by atomic mass is 32.1. The minimum atomic E-state index is -1.01. The number of aromatic nitrogens is 3. The van der Waals surface area contributed by atoms with E-state index in [0.717, 1.165) is 44.0 Å². The zero-order chi connectivity index (χ0) is 39.7. The summed E-state index contributed by atoms with van der Waals surface area (Å²) in [7, 11) is 0. The molecule has 3 aliphatic rings. The highest BCUT2D eigenvalue weighted by Crippen LogP contribution is 2.39. The van der Waals surface area contributed by atoms with Crippen molar-refractivity contribution in [3.05, 3.63) is 92.9 Å². The van der Waals surface area contributed by atoms with E-state index in [9.17, 15) is 19.2 Å². The van der Waals surface area contributed by atoms with Gasteiger partial charge in [0.05, 0.1) is 68.9 Å². The summed E-state index contributed by atoms with van der Waals surface area (Å²) in [4.78, 5) is 52.1. The van der Waals surface area contributed by atoms with E-state index in [4.69, 9.17) is 23.7 Å². The standard InChI is InChI=1S/C41H44N6O9S/c1-26-37-45-44-27(2)46(37)41-31(25-56-26)30(24-28-8-4-3-5-9-28)34(57-41)12-7-16-52-18-20-54-22-23-55-21-19-53-17-15-42-32-11-6-10-29-36(32)40(51)47(39(29)50)33-13-14-35(48)43-38(33)49/h3-6,8-11,26,33,42H,13-25H2,1-2H3,(H,43,48,49)/t26-,33?/m0/s1. The van der Waals surface area contributed by atoms with Gasteiger partial charge in [-0.2, -0.15) is 0 Å². The molecule has 4 amide bonds. The molecular weight excluding hydrogens is 753 g/mol. The quantitative estimate of drug-likeness (QED) is 0.0903. The Hall–Kier alpha value is -5.28. The zero-order valence-corrected chi connectivity index (χ0v) is 32.7. The number of nitrogens with zero attached hydrogens (tertiary/aromatic N) is 4. The zero-order valence-electron chi connectivity index (χ0n) is 31.8. The Kier molecular flexibility index (Phi) is 13.2. The molecule has 15 nitrogen and oxygen atoms in total. The van der Waals surface area contributed by atoms with Crippen LogP contribution in [0.5, 0.6) is 0 Å². The molecule has 1 saturated heterocycles. The molecule has 2 aromatic carbocycles. The van der Waals surface area contributed by atoms with Gasteiger partial charge < -0.3 is 29.0 Å². The molecule has 298 valence electrons. The maximum Gasteiger partial charge on any atom is 0.264 e. The number of carbonyl (C=O) groups excluding carboxylic acids is 4. The summed E-state index contributed by atoms with van der Waals surface area (Å²) in [5.74, 6) is 5.98. The molecule has 5 heterocycles. The van der Waals surface area contributed by atoms with E-state index >= 15 is 0 Å². The van der Waals surface area contributed by atoms with Crippen molar-refractivity contribution in [3.63, 3.8) is 0 Å². The molecule has 0 aliphatic carbocycles. The van der Waals surface area contributed by atoms with Gasteiger partial charge in [-0.3, -0.25) is 34.0 Å². The molecule has 7 rings (SSSR count). The van der Waals surface area contributed by atoms with Crippen molar-refractivity contribution < 1.29 is 42.9 Å². The molecule has 0 bridgehead atoms. The number of hydrogen-bond acceptors (Lipinski definition) is 13. The van der Waals surface area contributed by atoms with Crippen LogP contribution in [-0.2, 0) is 46.3 Å². The second-order valence-corrected chi connectivity index (χ2v) is 14.5. The number of anilines is 1. The Bertz CT molecular complexity index is 2180. The minimum absolute atomic E-state index is 0.0643. The Morgan fingerprint density at radius 2 is 1.65 bits per heavy atom. The molecular formula is C41H44N6O9S. The van der Waals surface area contributed by atoms with Crippen LogP contribution in [0, 0.1) is 18.8 Å². The number of fused-ring (bicyclic) bond motifs is 4. The van der Waals surface area contributed by atoms with E-state index in [1.54, 1.807) is 29.5 Å². The van der Waals surface area contributed by atoms with Crippen molar-refractivity contribution in [2.45, 2.75) is 51.9 Å². The summed E-state index contributed by atoms with van der Waals surface area (Å²) in [5.41, 5.74) is 4.38. The average Bonchev–Trinajstić information content (AvgIpc) is 3.80. The van der Waals surface area contributed by atoms with Gasteiger partial charge in [-0.1, -0.05) is 48.2 Å². The smallest absolute Gasteiger partial charge is 0.264 e. The first kappa shape index (κ1) is 39.9. The summed E-state index contributed by atoms with van der Waals surface area (Å²) < 4.78 is 30.9. The second-order valence-electron chi connectivity index (χ2n) is 13.5. The highest BCUT2D eigenvalue weighted by Gasteiger charge is 2.45. The van der Waals surface area contributed by atoms with E-state index in [0.29, 0.717) is 65.1 Å². The number of hydrogen-bond donors (Lipinski definition) is 2. The Balaban J connectivity index is 0.775. The lowest BCUT2D eigenvalue weighted by Gasteiger charge is -2.27. The van der Waals surface area contributed by atoms with E-state index in [2.05, 4.69) is 49.4 Å². The normalized spacial score (nSPS) is 17.4. The molecule has 2 aromatic heterocycles. The number of aryl methyl sites for hydroxylation is 1. The van der Waals surface area contributed by atoms with Crippen LogP contribution in [0.3, 0.4) is 0 Å². The number of amides is 4. The van der Waals surface area contributed by atoms with Crippen LogP contribution in [0.4, 0.5) is 5.69 Å². The summed E-state index contributed by atoms with van der Waals surface area (Å²) in [6.45, 7) is 7.79. The second kappa shape index (κ2) is 18.8. The summed E-state index contributed by atoms with van der Waals surface area (Å²) in [6.07, 6.45) is 0.739. The molecule has 2 N–H and O–H groups in total. The molecule has 1 unspecified atom stereocenters. The van der Waals surface area contributed by atoms with Crippen LogP contribution < -0.4 is 10.6 Å². The van der Waals surface area contributed by atoms with E-state index in [-0.39, 0.29) is 36.7 Å². The SMILES string of the molecule is Cc1nnc2n1-c1sc(C#CCOCCOCCOCCOCCNc3cccc4c3C(=O)N(C3CCC(=O)NC3=O)C4=O)c(Cc3ccccc3)c1CO[C@H]2C. The largest absolute Gasteiger partial charge is 0.382 e. The van der Waals surface area contributed by atoms with E-state index < -0.39 is 29.7 Å². The number of nitrogens with one attached hydrogen (secondary N) is 2. The van der Waals surface area contributed by atoms with Gasteiger partial charge in [-0.25, -0.2) is 0 Å². The lowest BCUT2D eigenvalue weighted by molar-refractivity contribution is -0.136. The summed E-state index contributed by atoms with van der Waals surface area (Å²) >= 11 is 1.63. The summed E-state index contributed by atoms with van der Waals surface area (Å²) in [5, 5.41) is 15.1. The maximum atomic E-state index is 13.2. The number of benzene rings is 2. The lowest BCUT2D eigenvalue weighted by Crippen LogP contribution is -2.54. The first-order valence-electron chi connectivity index (χ1n) is 18.9. The molecule has 4 aromatic rings. The van der Waals surface area contributed by atoms with Gasteiger partial charge in [0.1, 0.15) is 29.6 Å². The van der Waals surface area contributed by atoms with Gasteiger partial charge in [0.15, 0.2) is 5.82 Å². The topological polar surface area (TPSA) is 172 Å². The number of rotatable bonds is 17. The highest BCUT2D eigenvalue weighted by molar-refractivity contribution is 7.15. The van der Waals surface area contributed by atoms with Crippen molar-refractivity contribution in [1.82, 2.24) is 25.0 Å². The van der Waals surface area contributed by atoms with Crippen molar-refractivity contribution in [3.8, 4) is 16.8 Å². The fraction of sp³-hybridized carbons (Fsp3) is 0.415. The average molecular weight is 797 g/mol. The van der Waals surface area contributed by atoms with Crippen LogP contribution in [0.25, 0.3) is 5.00 Å². The van der Waals surface area contributed by atoms with Crippen molar-refractivity contribution in [2.24, 2.45) is 0 Å². The third kappa shape index (κ3) is 9.15. The molecule has 1 fully saturated rings. The monoisotopic (exact) mass is 796 g/mol. The molecule has 0 spiro atoms. The van der Waals surface area contributed by atoms with Gasteiger partial charge >= 0.3 is 0 Å². The van der Waals surface area contributed by atoms with Gasteiger partial charge in [-0.15, -0.1) is 21.5 Å². The van der Waals surface area contributed by atoms with E-state index in [1.807, 2.05) is 32.0 Å². The van der Waals surface area contributed by atoms with Crippen molar-refractivity contribution in [1.29, 1.82) is 0 Å². The summed E-state index contributed by atoms with van der Waals surface area (Å²) in [6, 6.07) is 14.3. The maximum absolute atomic E-state index is 13.2. The Morgan fingerprint density at radius 3 is 2.40 bits per heavy atom. The van der Waals surface area contributed by atoms with Crippen LogP contribution in [0.2, 0.25) is 0 Å². The van der Waals surface area contributed by atoms with Crippen LogP contribution in [0.15, 0.2) is 48.5 Å². The number of thiophene rings is 1. The van der Waals surface area contributed by atoms with E-state index in [1.165, 1.54) is 5.56 Å². The van der Waals surface area contributed by atoms with Gasteiger partial charge in [-0.05, 0) is 49.9 Å². The lowest BCUT2D eigenvalue weighted by atomic mass is 10.0. The third-order valence-corrected chi connectivity index (χ3v) is 10.9. The van der Waals surface area contributed by atoms with Gasteiger partial charge in [0.25, 0.3) is 11.8 Å². The minimum Gasteiger partial charge on any atom is -0.382 e. The molecule has 16 heteroatoms. The van der Waals surface area contributed by atoms with Crippen molar-refractivity contribution in [2.75, 3.05) is 64.7 Å². The third-order valence-electron chi connectivity index (χ3n) is 9.74. The van der Waals surface area contributed by atoms with Gasteiger partial charge in [0.2, 0.25) is 11.8 Å². The van der Waals surface area contributed by atoms with Crippen LogP contribution in [0.1, 0.15) is 79.8 Å². The first-order valence-corrected chi connectivity index (χ1v) is 19.7. The molecule has 3 aliphatic heterocycles. The van der Waals surface area contributed by atoms with Crippen LogP contribution in [-0.4, -0.2) is 109 Å². The Morgan fingerprint density at radius 1 is 0.912 bits per heavy atom. The van der Waals surface area contributed by atoms with Gasteiger partial charge in [0, 0.05) is 24.2 Å². The van der Waals surface area contributed by atoms with Crippen molar-refractivity contribution >= 4 is 40.7 Å². The number of ether oxygens (including phenoxy) is 5. The molecule has 0 saturated carbocycles. The fourth-order valence-electron chi connectivity index (χ4n) is 6.90. The molecule has 2 atom stereocenters. The molecule has 0 radical (unpaired) electrons. The predicted molar refractivity (Wildman–Crippen MR) is 208 cm³/mol. The fourth-order valence-corrected chi connectivity index (χ4v) is 8.16. The first-order chi connectivity index (χ1) is 27.8. The number of imide groups is 2. The Labute approximate surface area is 334 Å². The predicted octanol–water partition coefficient (Wildman–Crippen LogP) is 3.75. The number of carbonyl (C=O) groups is 4. The van der Waals surface area contributed by atoms with Crippen LogP contribution >= 0.6 is 11.3 Å².